The lowest BCUT2D eigenvalue weighted by molar-refractivity contribution is 0.0955. The number of aryl methyl sites for hydroxylation is 1. The lowest BCUT2D eigenvalue weighted by Crippen LogP contribution is -2.22. The Labute approximate surface area is 153 Å². The Bertz CT molecular complexity index is 1150. The number of aromatic hydroxyl groups is 2. The molecule has 8 nitrogen and oxygen atoms in total. The molecule has 3 N–H and O–H groups in total. The quantitative estimate of drug-likeness (QED) is 0.481. The largest absolute Gasteiger partial charge is 0.508 e. The summed E-state index contributed by atoms with van der Waals surface area (Å²) >= 11 is 0. The van der Waals surface area contributed by atoms with Gasteiger partial charge in [-0.05, 0) is 36.8 Å². The summed E-state index contributed by atoms with van der Waals surface area (Å²) in [5, 5.41) is 23.2. The van der Waals surface area contributed by atoms with E-state index in [-0.39, 0.29) is 17.1 Å². The normalized spacial score (nSPS) is 13.2. The van der Waals surface area contributed by atoms with Crippen molar-refractivity contribution in [3.63, 3.8) is 0 Å². The molecule has 8 heteroatoms. The number of phenols is 2. The van der Waals surface area contributed by atoms with Gasteiger partial charge >= 0.3 is 0 Å². The van der Waals surface area contributed by atoms with E-state index in [4.69, 9.17) is 0 Å². The zero-order valence-electron chi connectivity index (χ0n) is 14.2. The molecule has 1 aliphatic rings. The molecule has 0 radical (unpaired) electrons. The van der Waals surface area contributed by atoms with E-state index in [1.54, 1.807) is 22.8 Å². The van der Waals surface area contributed by atoms with Crippen LogP contribution in [-0.2, 0) is 13.0 Å². The van der Waals surface area contributed by atoms with Crippen molar-refractivity contribution in [2.45, 2.75) is 19.4 Å². The molecule has 2 heterocycles. The number of fused-ring (bicyclic) bond motifs is 2. The number of aromatic nitrogens is 2. The molecule has 0 fully saturated rings. The number of phenolic OH excluding ortho intramolecular Hbond substituents is 2. The van der Waals surface area contributed by atoms with Crippen LogP contribution < -0.4 is 11.0 Å². The summed E-state index contributed by atoms with van der Waals surface area (Å²) in [5.41, 5.74) is 3.44. The van der Waals surface area contributed by atoms with Crippen molar-refractivity contribution in [1.29, 1.82) is 0 Å². The zero-order valence-corrected chi connectivity index (χ0v) is 14.2. The monoisotopic (exact) mass is 364 g/mol. The van der Waals surface area contributed by atoms with Crippen LogP contribution in [0.15, 0.2) is 46.3 Å². The molecule has 1 aliphatic heterocycles. The highest BCUT2D eigenvalue weighted by Crippen LogP contribution is 2.20. The lowest BCUT2D eigenvalue weighted by atomic mass is 10.1. The predicted molar refractivity (Wildman–Crippen MR) is 99.2 cm³/mol. The van der Waals surface area contributed by atoms with E-state index < -0.39 is 5.91 Å². The third-order valence-electron chi connectivity index (χ3n) is 4.46. The van der Waals surface area contributed by atoms with Crippen molar-refractivity contribution in [3.05, 3.63) is 63.7 Å². The number of benzene rings is 2. The van der Waals surface area contributed by atoms with Gasteiger partial charge in [-0.1, -0.05) is 0 Å². The first-order valence-corrected chi connectivity index (χ1v) is 8.42. The summed E-state index contributed by atoms with van der Waals surface area (Å²) in [6.07, 6.45) is 2.91. The van der Waals surface area contributed by atoms with Crippen molar-refractivity contribution in [2.24, 2.45) is 5.10 Å². The maximum atomic E-state index is 12.4. The molecule has 0 bridgehead atoms. The Morgan fingerprint density at radius 3 is 2.89 bits per heavy atom. The zero-order chi connectivity index (χ0) is 19.0. The fourth-order valence-corrected chi connectivity index (χ4v) is 3.09. The summed E-state index contributed by atoms with van der Waals surface area (Å²) in [6.45, 7) is 0.679. The molecule has 0 saturated carbocycles. The number of nitrogens with one attached hydrogen (secondary N) is 1. The molecule has 3 aromatic rings. The maximum Gasteiger partial charge on any atom is 0.271 e. The highest BCUT2D eigenvalue weighted by molar-refractivity contribution is 5.98. The van der Waals surface area contributed by atoms with Crippen molar-refractivity contribution >= 4 is 23.0 Å². The number of hydrogen-bond acceptors (Lipinski definition) is 6. The van der Waals surface area contributed by atoms with Crippen LogP contribution in [0.3, 0.4) is 0 Å². The predicted octanol–water partition coefficient (Wildman–Crippen LogP) is 1.52. The summed E-state index contributed by atoms with van der Waals surface area (Å²) < 4.78 is 1.68. The SMILES string of the molecule is O=C(N/N=C/c1ccc(O)cc1O)c1ccc2c(=O)n3c(nc2c1)CCC3. The van der Waals surface area contributed by atoms with E-state index >= 15 is 0 Å². The minimum atomic E-state index is -0.464. The third-order valence-corrected chi connectivity index (χ3v) is 4.46. The number of nitrogens with zero attached hydrogens (tertiary/aromatic N) is 3. The Hall–Kier alpha value is -3.68. The van der Waals surface area contributed by atoms with Gasteiger partial charge in [-0.2, -0.15) is 5.10 Å². The number of rotatable bonds is 3. The van der Waals surface area contributed by atoms with Gasteiger partial charge in [-0.3, -0.25) is 14.2 Å². The average molecular weight is 364 g/mol. The Morgan fingerprint density at radius 1 is 1.22 bits per heavy atom. The molecule has 0 spiro atoms. The molecular weight excluding hydrogens is 348 g/mol. The highest BCUT2D eigenvalue weighted by Gasteiger charge is 2.17. The second-order valence-electron chi connectivity index (χ2n) is 6.26. The minimum Gasteiger partial charge on any atom is -0.508 e. The van der Waals surface area contributed by atoms with Crippen LogP contribution in [0.4, 0.5) is 0 Å². The first-order chi connectivity index (χ1) is 13.0. The lowest BCUT2D eigenvalue weighted by Gasteiger charge is -2.06. The van der Waals surface area contributed by atoms with E-state index in [0.29, 0.717) is 28.6 Å². The number of hydrogen-bond donors (Lipinski definition) is 3. The first-order valence-electron chi connectivity index (χ1n) is 8.42. The Balaban J connectivity index is 1.57. The highest BCUT2D eigenvalue weighted by atomic mass is 16.3. The van der Waals surface area contributed by atoms with Gasteiger partial charge < -0.3 is 10.2 Å². The molecule has 2 aromatic carbocycles. The van der Waals surface area contributed by atoms with Gasteiger partial charge in [0.1, 0.15) is 17.3 Å². The summed E-state index contributed by atoms with van der Waals surface area (Å²) in [5.74, 6) is 0.0525. The van der Waals surface area contributed by atoms with Gasteiger partial charge in [-0.25, -0.2) is 10.4 Å². The number of carbonyl (C=O) groups is 1. The molecule has 0 saturated heterocycles. The first kappa shape index (κ1) is 16.8. The molecule has 0 unspecified atom stereocenters. The van der Waals surface area contributed by atoms with Crippen molar-refractivity contribution in [3.8, 4) is 11.5 Å². The standard InChI is InChI=1S/C19H16N4O4/c24-13-5-3-12(16(25)9-13)10-20-22-18(26)11-4-6-14-15(8-11)21-17-2-1-7-23(17)19(14)27/h3-6,8-10,24-25H,1-2,7H2,(H,22,26)/b20-10+. The van der Waals surface area contributed by atoms with Crippen LogP contribution in [0.2, 0.25) is 0 Å². The minimum absolute atomic E-state index is 0.0697. The molecule has 4 rings (SSSR count). The number of amides is 1. The van der Waals surface area contributed by atoms with Crippen LogP contribution in [-0.4, -0.2) is 31.9 Å². The van der Waals surface area contributed by atoms with Crippen LogP contribution >= 0.6 is 0 Å². The van der Waals surface area contributed by atoms with Crippen LogP contribution in [0.5, 0.6) is 11.5 Å². The summed E-state index contributed by atoms with van der Waals surface area (Å²) in [6, 6.07) is 8.76. The Morgan fingerprint density at radius 2 is 2.07 bits per heavy atom. The fraction of sp³-hybridized carbons (Fsp3) is 0.158. The van der Waals surface area contributed by atoms with Gasteiger partial charge in [0.15, 0.2) is 0 Å². The molecule has 1 amide bonds. The molecule has 0 atom stereocenters. The van der Waals surface area contributed by atoms with E-state index in [1.807, 2.05) is 0 Å². The van der Waals surface area contributed by atoms with Crippen LogP contribution in [0.25, 0.3) is 10.9 Å². The van der Waals surface area contributed by atoms with E-state index in [2.05, 4.69) is 15.5 Å². The Kier molecular flexibility index (Phi) is 4.08. The van der Waals surface area contributed by atoms with Crippen molar-refractivity contribution in [1.82, 2.24) is 15.0 Å². The van der Waals surface area contributed by atoms with Gasteiger partial charge in [0.2, 0.25) is 0 Å². The molecule has 0 aliphatic carbocycles. The second kappa shape index (κ2) is 6.56. The molecule has 27 heavy (non-hydrogen) atoms. The summed E-state index contributed by atoms with van der Waals surface area (Å²) in [4.78, 5) is 29.2. The molecule has 136 valence electrons. The van der Waals surface area contributed by atoms with Gasteiger partial charge in [0.25, 0.3) is 11.5 Å². The fourth-order valence-electron chi connectivity index (χ4n) is 3.09. The van der Waals surface area contributed by atoms with E-state index in [0.717, 1.165) is 18.7 Å². The van der Waals surface area contributed by atoms with E-state index in [1.165, 1.54) is 24.4 Å². The smallest absolute Gasteiger partial charge is 0.271 e. The maximum absolute atomic E-state index is 12.4. The third kappa shape index (κ3) is 3.12. The molecule has 1 aromatic heterocycles. The van der Waals surface area contributed by atoms with Gasteiger partial charge in [0.05, 0.1) is 17.1 Å². The van der Waals surface area contributed by atoms with Crippen LogP contribution in [0.1, 0.15) is 28.2 Å². The molecular formula is C19H16N4O4. The van der Waals surface area contributed by atoms with Crippen LogP contribution in [0, 0.1) is 0 Å². The topological polar surface area (TPSA) is 117 Å². The number of hydrazone groups is 1. The van der Waals surface area contributed by atoms with Gasteiger partial charge in [0, 0.05) is 30.2 Å². The average Bonchev–Trinajstić information content (AvgIpc) is 3.12. The van der Waals surface area contributed by atoms with Crippen molar-refractivity contribution < 1.29 is 15.0 Å². The summed E-state index contributed by atoms with van der Waals surface area (Å²) in [7, 11) is 0. The van der Waals surface area contributed by atoms with Crippen molar-refractivity contribution in [2.75, 3.05) is 0 Å². The van der Waals surface area contributed by atoms with Gasteiger partial charge in [-0.15, -0.1) is 0 Å². The second-order valence-corrected chi connectivity index (χ2v) is 6.26. The van der Waals surface area contributed by atoms with E-state index in [9.17, 15) is 19.8 Å². The number of carbonyl (C=O) groups excluding carboxylic acids is 1.